The predicted molar refractivity (Wildman–Crippen MR) is 31.9 cm³/mol. The SMILES string of the molecule is COP(OC)C(F)(F)C(F)(F)F. The molecule has 0 aliphatic carbocycles. The van der Waals surface area contributed by atoms with Crippen LogP contribution in [0.1, 0.15) is 0 Å². The molecule has 0 radical (unpaired) electrons. The number of hydrogen-bond donors (Lipinski definition) is 0. The molecule has 0 fully saturated rings. The van der Waals surface area contributed by atoms with Gasteiger partial charge in [0.05, 0.1) is 0 Å². The van der Waals surface area contributed by atoms with E-state index in [1.807, 2.05) is 0 Å². The molecule has 0 aromatic rings. The quantitative estimate of drug-likeness (QED) is 0.528. The van der Waals surface area contributed by atoms with Gasteiger partial charge in [-0.15, -0.1) is 0 Å². The Hall–Kier alpha value is 0. The molecule has 0 atom stereocenters. The Labute approximate surface area is 66.6 Å². The summed E-state index contributed by atoms with van der Waals surface area (Å²) in [5.74, 6) is 0. The van der Waals surface area contributed by atoms with Crippen molar-refractivity contribution in [2.45, 2.75) is 11.8 Å². The third kappa shape index (κ3) is 2.24. The second kappa shape index (κ2) is 3.81. The number of hydrogen-bond acceptors (Lipinski definition) is 2. The van der Waals surface area contributed by atoms with E-state index >= 15 is 0 Å². The van der Waals surface area contributed by atoms with Gasteiger partial charge in [-0.05, 0) is 0 Å². The number of halogens is 5. The number of alkyl halides is 5. The summed E-state index contributed by atoms with van der Waals surface area (Å²) in [7, 11) is -1.78. The predicted octanol–water partition coefficient (Wildman–Crippen LogP) is 2.75. The zero-order valence-corrected chi connectivity index (χ0v) is 7.05. The topological polar surface area (TPSA) is 18.5 Å². The van der Waals surface area contributed by atoms with E-state index in [1.165, 1.54) is 0 Å². The maximum absolute atomic E-state index is 12.2. The van der Waals surface area contributed by atoms with E-state index in [2.05, 4.69) is 9.05 Å². The van der Waals surface area contributed by atoms with E-state index in [0.29, 0.717) is 0 Å². The maximum Gasteiger partial charge on any atom is 0.462 e. The van der Waals surface area contributed by atoms with Crippen LogP contribution in [0.25, 0.3) is 0 Å². The highest BCUT2D eigenvalue weighted by atomic mass is 31.2. The first-order valence-electron chi connectivity index (χ1n) is 2.60. The Morgan fingerprint density at radius 3 is 1.33 bits per heavy atom. The molecule has 0 saturated heterocycles. The molecular weight excluding hydrogens is 206 g/mol. The number of rotatable bonds is 3. The standard InChI is InChI=1S/C4H6F5O2P/c1-10-12(11-2)4(8,9)3(5,6)7/h1-2H3. The van der Waals surface area contributed by atoms with Gasteiger partial charge in [0, 0.05) is 14.2 Å². The molecule has 0 aliphatic rings. The van der Waals surface area contributed by atoms with Gasteiger partial charge in [0.25, 0.3) is 8.38 Å². The van der Waals surface area contributed by atoms with Crippen molar-refractivity contribution < 1.29 is 31.0 Å². The Morgan fingerprint density at radius 2 is 1.25 bits per heavy atom. The molecule has 0 N–H and O–H groups in total. The molecule has 0 rings (SSSR count). The fraction of sp³-hybridized carbons (Fsp3) is 1.00. The van der Waals surface area contributed by atoms with Crippen molar-refractivity contribution in [3.63, 3.8) is 0 Å². The Kier molecular flexibility index (Phi) is 3.81. The highest BCUT2D eigenvalue weighted by molar-refractivity contribution is 7.48. The molecular formula is C4H6F5O2P. The second-order valence-corrected chi connectivity index (χ2v) is 3.47. The third-order valence-corrected chi connectivity index (χ3v) is 2.28. The molecule has 0 aromatic heterocycles. The molecule has 0 amide bonds. The van der Waals surface area contributed by atoms with Gasteiger partial charge in [0.15, 0.2) is 0 Å². The molecule has 0 aromatic carbocycles. The highest BCUT2D eigenvalue weighted by Gasteiger charge is 2.64. The van der Waals surface area contributed by atoms with Gasteiger partial charge in [-0.3, -0.25) is 0 Å². The lowest BCUT2D eigenvalue weighted by Gasteiger charge is -2.24. The highest BCUT2D eigenvalue weighted by Crippen LogP contribution is 2.60. The van der Waals surface area contributed by atoms with Crippen LogP contribution in [0.2, 0.25) is 0 Å². The molecule has 2 nitrogen and oxygen atoms in total. The van der Waals surface area contributed by atoms with Crippen LogP contribution in [0.15, 0.2) is 0 Å². The average Bonchev–Trinajstić information content (AvgIpc) is 1.87. The van der Waals surface area contributed by atoms with Crippen LogP contribution in [-0.4, -0.2) is 26.1 Å². The zero-order valence-electron chi connectivity index (χ0n) is 6.15. The summed E-state index contributed by atoms with van der Waals surface area (Å²) in [5, 5.41) is 0. The molecule has 0 spiro atoms. The minimum atomic E-state index is -5.63. The van der Waals surface area contributed by atoms with Gasteiger partial charge in [0.2, 0.25) is 0 Å². The van der Waals surface area contributed by atoms with Crippen molar-refractivity contribution in [1.82, 2.24) is 0 Å². The van der Waals surface area contributed by atoms with Crippen LogP contribution in [0.3, 0.4) is 0 Å². The summed E-state index contributed by atoms with van der Waals surface area (Å²) in [5.41, 5.74) is -4.92. The van der Waals surface area contributed by atoms with E-state index in [4.69, 9.17) is 0 Å². The van der Waals surface area contributed by atoms with Crippen molar-refractivity contribution in [2.75, 3.05) is 14.2 Å². The fourth-order valence-corrected chi connectivity index (χ4v) is 1.22. The Bertz CT molecular complexity index is 143. The summed E-state index contributed by atoms with van der Waals surface area (Å²) in [6, 6.07) is 0. The van der Waals surface area contributed by atoms with E-state index in [-0.39, 0.29) is 0 Å². The van der Waals surface area contributed by atoms with Crippen LogP contribution in [-0.2, 0) is 9.05 Å². The smallest absolute Gasteiger partial charge is 0.333 e. The summed E-state index contributed by atoms with van der Waals surface area (Å²) in [6.07, 6.45) is -5.63. The average molecular weight is 212 g/mol. The van der Waals surface area contributed by atoms with Gasteiger partial charge in [-0.1, -0.05) is 0 Å². The molecule has 0 aliphatic heterocycles. The lowest BCUT2D eigenvalue weighted by molar-refractivity contribution is -0.246. The van der Waals surface area contributed by atoms with E-state index in [0.717, 1.165) is 14.2 Å². The first-order chi connectivity index (χ1) is 5.27. The normalized spacial score (nSPS) is 14.0. The summed E-state index contributed by atoms with van der Waals surface area (Å²) in [6.45, 7) is 0. The molecule has 0 saturated carbocycles. The molecule has 0 heterocycles. The molecule has 0 unspecified atom stereocenters. The van der Waals surface area contributed by atoms with Crippen molar-refractivity contribution in [2.24, 2.45) is 0 Å². The van der Waals surface area contributed by atoms with Crippen LogP contribution in [0, 0.1) is 0 Å². The van der Waals surface area contributed by atoms with Crippen molar-refractivity contribution in [3.05, 3.63) is 0 Å². The molecule has 8 heteroatoms. The van der Waals surface area contributed by atoms with Crippen LogP contribution in [0.5, 0.6) is 0 Å². The van der Waals surface area contributed by atoms with Crippen LogP contribution < -0.4 is 0 Å². The lowest BCUT2D eigenvalue weighted by Crippen LogP contribution is -2.35. The summed E-state index contributed by atoms with van der Waals surface area (Å²) >= 11 is 0. The lowest BCUT2D eigenvalue weighted by atomic mass is 10.7. The van der Waals surface area contributed by atoms with Gasteiger partial charge in [0.1, 0.15) is 0 Å². The minimum absolute atomic E-state index is 0.731. The summed E-state index contributed by atoms with van der Waals surface area (Å²) < 4.78 is 66.9. The first kappa shape index (κ1) is 12.0. The van der Waals surface area contributed by atoms with Gasteiger partial charge in [-0.25, -0.2) is 0 Å². The first-order valence-corrected chi connectivity index (χ1v) is 3.78. The molecule has 74 valence electrons. The van der Waals surface area contributed by atoms with Crippen molar-refractivity contribution >= 4 is 8.38 Å². The Morgan fingerprint density at radius 1 is 0.917 bits per heavy atom. The zero-order chi connectivity index (χ0) is 9.99. The van der Waals surface area contributed by atoms with E-state index in [1.54, 1.807) is 0 Å². The van der Waals surface area contributed by atoms with Gasteiger partial charge >= 0.3 is 11.8 Å². The molecule has 12 heavy (non-hydrogen) atoms. The van der Waals surface area contributed by atoms with Gasteiger partial charge in [-0.2, -0.15) is 22.0 Å². The maximum atomic E-state index is 12.2. The van der Waals surface area contributed by atoms with Gasteiger partial charge < -0.3 is 9.05 Å². The fourth-order valence-electron chi connectivity index (χ4n) is 0.407. The second-order valence-electron chi connectivity index (χ2n) is 1.66. The Balaban J connectivity index is 4.57. The van der Waals surface area contributed by atoms with Crippen molar-refractivity contribution in [1.29, 1.82) is 0 Å². The van der Waals surface area contributed by atoms with Crippen molar-refractivity contribution in [3.8, 4) is 0 Å². The minimum Gasteiger partial charge on any atom is -0.333 e. The summed E-state index contributed by atoms with van der Waals surface area (Å²) in [4.78, 5) is 0. The van der Waals surface area contributed by atoms with E-state index in [9.17, 15) is 22.0 Å². The van der Waals surface area contributed by atoms with E-state index < -0.39 is 20.2 Å². The van der Waals surface area contributed by atoms with Crippen LogP contribution in [0.4, 0.5) is 22.0 Å². The van der Waals surface area contributed by atoms with Crippen LogP contribution >= 0.6 is 8.38 Å². The molecule has 0 bridgehead atoms. The monoisotopic (exact) mass is 212 g/mol. The largest absolute Gasteiger partial charge is 0.462 e. The third-order valence-electron chi connectivity index (χ3n) is 0.902.